The first kappa shape index (κ1) is 31.9. The largest absolute Gasteiger partial charge is 0.456 e. The molecule has 4 heteroatoms. The monoisotopic (exact) mass is 718 g/mol. The van der Waals surface area contributed by atoms with Crippen molar-refractivity contribution in [1.82, 2.24) is 0 Å². The SMILES string of the molecule is c1ccc(-c2ccc(N(c3ccc4c(c3)oc3ccccc34)c3cc(N(c4ccccc4)c4ccccc4)cc4oc5c6ccccc6ccc5c34)cc2)cc1. The van der Waals surface area contributed by atoms with Gasteiger partial charge in [-0.25, -0.2) is 0 Å². The summed E-state index contributed by atoms with van der Waals surface area (Å²) in [6.07, 6.45) is 0. The van der Waals surface area contributed by atoms with Crippen LogP contribution >= 0.6 is 0 Å². The molecule has 2 heterocycles. The Balaban J connectivity index is 1.22. The molecule has 0 atom stereocenters. The maximum absolute atomic E-state index is 7.01. The molecule has 4 nitrogen and oxygen atoms in total. The molecule has 0 amide bonds. The molecule has 0 aliphatic carbocycles. The van der Waals surface area contributed by atoms with Crippen LogP contribution in [0, 0.1) is 0 Å². The van der Waals surface area contributed by atoms with E-state index in [4.69, 9.17) is 8.83 Å². The summed E-state index contributed by atoms with van der Waals surface area (Å²) in [6, 6.07) is 72.6. The molecule has 56 heavy (non-hydrogen) atoms. The number of hydrogen-bond acceptors (Lipinski definition) is 4. The van der Waals surface area contributed by atoms with Gasteiger partial charge in [-0.3, -0.25) is 0 Å². The highest BCUT2D eigenvalue weighted by Crippen LogP contribution is 2.49. The molecule has 0 saturated carbocycles. The van der Waals surface area contributed by atoms with Gasteiger partial charge in [0.25, 0.3) is 0 Å². The third-order valence-corrected chi connectivity index (χ3v) is 10.8. The van der Waals surface area contributed by atoms with Crippen molar-refractivity contribution in [2.45, 2.75) is 0 Å². The summed E-state index contributed by atoms with van der Waals surface area (Å²) in [6.45, 7) is 0. The van der Waals surface area contributed by atoms with Crippen molar-refractivity contribution in [1.29, 1.82) is 0 Å². The Morgan fingerprint density at radius 3 is 1.61 bits per heavy atom. The van der Waals surface area contributed by atoms with Crippen LogP contribution in [0.2, 0.25) is 0 Å². The summed E-state index contributed by atoms with van der Waals surface area (Å²) in [5, 5.41) is 6.50. The second kappa shape index (κ2) is 13.1. The van der Waals surface area contributed by atoms with E-state index in [0.717, 1.165) is 94.3 Å². The zero-order valence-corrected chi connectivity index (χ0v) is 30.3. The Hall–Kier alpha value is -7.56. The van der Waals surface area contributed by atoms with Gasteiger partial charge in [-0.1, -0.05) is 127 Å². The Bertz CT molecular complexity index is 3150. The molecule has 0 N–H and O–H groups in total. The third-order valence-electron chi connectivity index (χ3n) is 10.8. The summed E-state index contributed by atoms with van der Waals surface area (Å²) in [5.41, 5.74) is 11.8. The van der Waals surface area contributed by atoms with Crippen LogP contribution in [0.15, 0.2) is 215 Å². The van der Waals surface area contributed by atoms with Crippen LogP contribution < -0.4 is 9.80 Å². The van der Waals surface area contributed by atoms with E-state index in [9.17, 15) is 0 Å². The van der Waals surface area contributed by atoms with Crippen LogP contribution in [0.25, 0.3) is 65.8 Å². The minimum Gasteiger partial charge on any atom is -0.456 e. The van der Waals surface area contributed by atoms with Crippen molar-refractivity contribution in [2.24, 2.45) is 0 Å². The van der Waals surface area contributed by atoms with Gasteiger partial charge in [-0.2, -0.15) is 0 Å². The molecule has 2 aromatic heterocycles. The van der Waals surface area contributed by atoms with E-state index in [-0.39, 0.29) is 0 Å². The van der Waals surface area contributed by atoms with Crippen molar-refractivity contribution in [2.75, 3.05) is 9.80 Å². The Kier molecular flexibility index (Phi) is 7.46. The Morgan fingerprint density at radius 1 is 0.304 bits per heavy atom. The van der Waals surface area contributed by atoms with Gasteiger partial charge in [0.15, 0.2) is 0 Å². The van der Waals surface area contributed by atoms with Crippen LogP contribution in [0.3, 0.4) is 0 Å². The quantitative estimate of drug-likeness (QED) is 0.164. The highest BCUT2D eigenvalue weighted by Gasteiger charge is 2.25. The second-order valence-corrected chi connectivity index (χ2v) is 14.1. The molecule has 0 aliphatic heterocycles. The summed E-state index contributed by atoms with van der Waals surface area (Å²) in [4.78, 5) is 4.65. The lowest BCUT2D eigenvalue weighted by molar-refractivity contribution is 0.669. The molecule has 11 aromatic rings. The molecular weight excluding hydrogens is 685 g/mol. The van der Waals surface area contributed by atoms with E-state index in [0.29, 0.717) is 0 Å². The summed E-state index contributed by atoms with van der Waals surface area (Å²) < 4.78 is 13.5. The fourth-order valence-corrected chi connectivity index (χ4v) is 8.22. The zero-order valence-electron chi connectivity index (χ0n) is 30.3. The van der Waals surface area contributed by atoms with Crippen LogP contribution in [0.1, 0.15) is 0 Å². The predicted octanol–water partition coefficient (Wildman–Crippen LogP) is 15.2. The minimum atomic E-state index is 0.802. The Morgan fingerprint density at radius 2 is 0.857 bits per heavy atom. The standard InChI is InChI=1S/C52H34N2O2/c1-4-14-35(15-5-1)36-24-27-40(28-25-36)54(41-29-31-45-44-22-12-13-23-48(44)55-49(45)33-41)47-32-42(53(38-17-6-2-7-18-38)39-19-8-3-9-20-39)34-50-51(47)46-30-26-37-16-10-11-21-43(37)52(46)56-50/h1-34H. The highest BCUT2D eigenvalue weighted by atomic mass is 16.3. The van der Waals surface area contributed by atoms with Crippen molar-refractivity contribution >= 4 is 88.8 Å². The average Bonchev–Trinajstić information content (AvgIpc) is 3.84. The number of hydrogen-bond donors (Lipinski definition) is 0. The average molecular weight is 719 g/mol. The predicted molar refractivity (Wildman–Crippen MR) is 233 cm³/mol. The summed E-state index contributed by atoms with van der Waals surface area (Å²) >= 11 is 0. The van der Waals surface area contributed by atoms with Crippen molar-refractivity contribution in [3.8, 4) is 11.1 Å². The first-order valence-corrected chi connectivity index (χ1v) is 18.9. The topological polar surface area (TPSA) is 32.8 Å². The number of fused-ring (bicyclic) bond motifs is 8. The fourth-order valence-electron chi connectivity index (χ4n) is 8.22. The van der Waals surface area contributed by atoms with Crippen LogP contribution in [0.5, 0.6) is 0 Å². The highest BCUT2D eigenvalue weighted by molar-refractivity contribution is 6.20. The number of benzene rings is 9. The van der Waals surface area contributed by atoms with Crippen LogP contribution in [-0.2, 0) is 0 Å². The van der Waals surface area contributed by atoms with E-state index >= 15 is 0 Å². The molecule has 0 radical (unpaired) electrons. The second-order valence-electron chi connectivity index (χ2n) is 14.1. The summed E-state index contributed by atoms with van der Waals surface area (Å²) in [7, 11) is 0. The first-order valence-electron chi connectivity index (χ1n) is 18.9. The molecule has 0 aliphatic rings. The summed E-state index contributed by atoms with van der Waals surface area (Å²) in [5.74, 6) is 0. The van der Waals surface area contributed by atoms with Gasteiger partial charge in [0.2, 0.25) is 0 Å². The molecule has 264 valence electrons. The molecular formula is C52H34N2O2. The number of rotatable bonds is 7. The first-order chi connectivity index (χ1) is 27.8. The van der Waals surface area contributed by atoms with Gasteiger partial charge in [-0.05, 0) is 83.2 Å². The molecule has 0 unspecified atom stereocenters. The number of para-hydroxylation sites is 3. The number of nitrogens with zero attached hydrogens (tertiary/aromatic N) is 2. The lowest BCUT2D eigenvalue weighted by Gasteiger charge is -2.30. The molecule has 0 spiro atoms. The lowest BCUT2D eigenvalue weighted by Crippen LogP contribution is -2.13. The van der Waals surface area contributed by atoms with Crippen molar-refractivity contribution in [3.05, 3.63) is 206 Å². The van der Waals surface area contributed by atoms with Gasteiger partial charge in [0.1, 0.15) is 22.3 Å². The van der Waals surface area contributed by atoms with Gasteiger partial charge >= 0.3 is 0 Å². The number of furan rings is 2. The lowest BCUT2D eigenvalue weighted by atomic mass is 10.0. The third kappa shape index (κ3) is 5.31. The van der Waals surface area contributed by atoms with E-state index in [1.165, 1.54) is 5.56 Å². The van der Waals surface area contributed by atoms with Gasteiger partial charge in [-0.15, -0.1) is 0 Å². The van der Waals surface area contributed by atoms with E-state index in [1.54, 1.807) is 0 Å². The molecule has 11 rings (SSSR count). The number of anilines is 6. The Labute approximate surface area is 323 Å². The normalized spacial score (nSPS) is 11.6. The van der Waals surface area contributed by atoms with Gasteiger partial charge in [0, 0.05) is 56.4 Å². The van der Waals surface area contributed by atoms with E-state index in [1.807, 2.05) is 12.1 Å². The zero-order chi connectivity index (χ0) is 37.0. The molecule has 0 saturated heterocycles. The van der Waals surface area contributed by atoms with Gasteiger partial charge in [0.05, 0.1) is 16.8 Å². The maximum atomic E-state index is 7.01. The van der Waals surface area contributed by atoms with Gasteiger partial charge < -0.3 is 18.6 Å². The smallest absolute Gasteiger partial charge is 0.143 e. The minimum absolute atomic E-state index is 0.802. The van der Waals surface area contributed by atoms with Crippen LogP contribution in [-0.4, -0.2) is 0 Å². The van der Waals surface area contributed by atoms with E-state index < -0.39 is 0 Å². The molecule has 0 bridgehead atoms. The maximum Gasteiger partial charge on any atom is 0.143 e. The molecule has 0 fully saturated rings. The fraction of sp³-hybridized carbons (Fsp3) is 0. The molecule has 9 aromatic carbocycles. The van der Waals surface area contributed by atoms with Crippen molar-refractivity contribution < 1.29 is 8.83 Å². The van der Waals surface area contributed by atoms with E-state index in [2.05, 4.69) is 204 Å². The van der Waals surface area contributed by atoms with Crippen molar-refractivity contribution in [3.63, 3.8) is 0 Å². The van der Waals surface area contributed by atoms with Crippen LogP contribution in [0.4, 0.5) is 34.1 Å².